The number of rotatable bonds is 7. The molecule has 1 aromatic rings. The number of carbonyl (C=O) groups is 3. The number of fused-ring (bicyclic) bond motifs is 1. The van der Waals surface area contributed by atoms with Crippen LogP contribution in [0.4, 0.5) is 0 Å². The van der Waals surface area contributed by atoms with Crippen molar-refractivity contribution in [2.24, 2.45) is 10.9 Å². The first-order chi connectivity index (χ1) is 16.8. The lowest BCUT2D eigenvalue weighted by atomic mass is 9.95. The summed E-state index contributed by atoms with van der Waals surface area (Å²) in [5, 5.41) is 6.67. The molecule has 8 nitrogen and oxygen atoms in total. The molecule has 4 heterocycles. The van der Waals surface area contributed by atoms with E-state index in [0.29, 0.717) is 31.0 Å². The van der Waals surface area contributed by atoms with Crippen LogP contribution < -0.4 is 0 Å². The lowest BCUT2D eigenvalue weighted by molar-refractivity contribution is -0.151. The van der Waals surface area contributed by atoms with E-state index in [0.717, 1.165) is 29.3 Å². The van der Waals surface area contributed by atoms with Crippen LogP contribution in [-0.4, -0.2) is 58.6 Å². The van der Waals surface area contributed by atoms with Crippen molar-refractivity contribution in [1.82, 2.24) is 9.80 Å². The number of hydrogen-bond donors (Lipinski definition) is 0. The number of ether oxygens (including phenoxy) is 2. The highest BCUT2D eigenvalue weighted by atomic mass is 32.2. The summed E-state index contributed by atoms with van der Waals surface area (Å²) in [6.07, 6.45) is 1.40. The van der Waals surface area contributed by atoms with Crippen LogP contribution in [0.25, 0.3) is 0 Å². The van der Waals surface area contributed by atoms with Gasteiger partial charge in [0.05, 0.1) is 42.4 Å². The fourth-order valence-corrected chi connectivity index (χ4v) is 6.22. The van der Waals surface area contributed by atoms with E-state index in [1.807, 2.05) is 47.9 Å². The Kier molecular flexibility index (Phi) is 8.01. The summed E-state index contributed by atoms with van der Waals surface area (Å²) in [4.78, 5) is 47.1. The number of thioether (sulfide) groups is 1. The van der Waals surface area contributed by atoms with Gasteiger partial charge in [0.15, 0.2) is 5.17 Å². The second-order valence-corrected chi connectivity index (χ2v) is 10.6. The number of amidine groups is 1. The average molecular weight is 518 g/mol. The van der Waals surface area contributed by atoms with E-state index in [1.54, 1.807) is 23.2 Å². The number of likely N-dealkylation sites (tertiary alicyclic amines) is 1. The van der Waals surface area contributed by atoms with Gasteiger partial charge in [-0.1, -0.05) is 11.8 Å². The van der Waals surface area contributed by atoms with Crippen molar-refractivity contribution in [3.63, 3.8) is 0 Å². The molecule has 1 saturated heterocycles. The van der Waals surface area contributed by atoms with Crippen LogP contribution in [0.15, 0.2) is 44.2 Å². The molecule has 0 spiro atoms. The maximum atomic E-state index is 13.3. The number of thiophene rings is 1. The zero-order valence-corrected chi connectivity index (χ0v) is 22.1. The van der Waals surface area contributed by atoms with Gasteiger partial charge in [-0.2, -0.15) is 11.3 Å². The molecule has 2 atom stereocenters. The van der Waals surface area contributed by atoms with Gasteiger partial charge in [0, 0.05) is 18.8 Å². The van der Waals surface area contributed by atoms with E-state index in [4.69, 9.17) is 9.47 Å². The van der Waals surface area contributed by atoms with Crippen LogP contribution in [0.1, 0.15) is 58.6 Å². The van der Waals surface area contributed by atoms with Crippen molar-refractivity contribution in [1.29, 1.82) is 0 Å². The molecule has 0 aliphatic carbocycles. The number of aliphatic imine (C=N–C) groups is 1. The molecular formula is C25H31N3O5S2. The minimum Gasteiger partial charge on any atom is -0.466 e. The van der Waals surface area contributed by atoms with Crippen molar-refractivity contribution in [2.75, 3.05) is 19.7 Å². The fourth-order valence-electron chi connectivity index (χ4n) is 4.58. The molecule has 0 radical (unpaired) electrons. The molecular weight excluding hydrogens is 486 g/mol. The minimum atomic E-state index is -0.414. The van der Waals surface area contributed by atoms with E-state index >= 15 is 0 Å². The maximum absolute atomic E-state index is 13.3. The largest absolute Gasteiger partial charge is 0.466 e. The van der Waals surface area contributed by atoms with Crippen LogP contribution >= 0.6 is 23.1 Å². The van der Waals surface area contributed by atoms with Crippen LogP contribution in [0.5, 0.6) is 0 Å². The Labute approximate surface area is 214 Å². The molecule has 10 heteroatoms. The zero-order valence-electron chi connectivity index (χ0n) is 20.5. The first-order valence-electron chi connectivity index (χ1n) is 11.9. The van der Waals surface area contributed by atoms with Crippen molar-refractivity contribution in [3.8, 4) is 0 Å². The third kappa shape index (κ3) is 5.48. The van der Waals surface area contributed by atoms with Crippen LogP contribution in [0.2, 0.25) is 0 Å². The highest BCUT2D eigenvalue weighted by molar-refractivity contribution is 8.16. The summed E-state index contributed by atoms with van der Waals surface area (Å²) in [6, 6.07) is 1.58. The van der Waals surface area contributed by atoms with Crippen LogP contribution in [0, 0.1) is 5.92 Å². The number of amides is 1. The van der Waals surface area contributed by atoms with Gasteiger partial charge in [0.2, 0.25) is 5.91 Å². The summed E-state index contributed by atoms with van der Waals surface area (Å²) in [5.41, 5.74) is 2.86. The van der Waals surface area contributed by atoms with Gasteiger partial charge in [-0.25, -0.2) is 9.79 Å². The van der Waals surface area contributed by atoms with Crippen molar-refractivity contribution >= 4 is 46.1 Å². The molecule has 35 heavy (non-hydrogen) atoms. The molecule has 3 aliphatic rings. The standard InChI is InChI=1S/C25H31N3O5S2/c1-5-32-23(30)17-7-6-9-27(12-17)20(29)11-19-14-35-25-26-16(4)21(24(31)33-15(2)3)22(28(19)25)18-8-10-34-13-18/h8,10,13-15,17,22H,5-7,9,11-12H2,1-4H3/t17-,22-/m0/s1. The molecule has 4 rings (SSSR count). The maximum Gasteiger partial charge on any atom is 0.338 e. The van der Waals surface area contributed by atoms with Crippen LogP contribution in [0.3, 0.4) is 0 Å². The van der Waals surface area contributed by atoms with E-state index < -0.39 is 12.0 Å². The lowest BCUT2D eigenvalue weighted by Gasteiger charge is -2.37. The predicted molar refractivity (Wildman–Crippen MR) is 136 cm³/mol. The number of allylic oxidation sites excluding steroid dienone is 1. The van der Waals surface area contributed by atoms with E-state index in [1.165, 1.54) is 11.8 Å². The summed E-state index contributed by atoms with van der Waals surface area (Å²) in [7, 11) is 0. The number of carbonyl (C=O) groups excluding carboxylic acids is 3. The first-order valence-corrected chi connectivity index (χ1v) is 13.7. The highest BCUT2D eigenvalue weighted by Crippen LogP contribution is 2.45. The molecule has 0 aromatic carbocycles. The SMILES string of the molecule is CCOC(=O)[C@H]1CCCN(C(=O)CC2=CSC3=NC(C)=C(C(=O)OC(C)C)[C@H](c4ccsc4)N23)C1. The van der Waals surface area contributed by atoms with Gasteiger partial charge in [0.1, 0.15) is 0 Å². The molecule has 1 amide bonds. The van der Waals surface area contributed by atoms with Gasteiger partial charge < -0.3 is 19.3 Å². The van der Waals surface area contributed by atoms with E-state index in [9.17, 15) is 14.4 Å². The lowest BCUT2D eigenvalue weighted by Crippen LogP contribution is -2.44. The number of esters is 2. The molecule has 1 fully saturated rings. The third-order valence-corrected chi connectivity index (χ3v) is 7.74. The quantitative estimate of drug-likeness (QED) is 0.493. The van der Waals surface area contributed by atoms with Crippen molar-refractivity contribution in [2.45, 2.75) is 59.1 Å². The Morgan fingerprint density at radius 1 is 1.29 bits per heavy atom. The van der Waals surface area contributed by atoms with Gasteiger partial charge in [0.25, 0.3) is 0 Å². The van der Waals surface area contributed by atoms with Gasteiger partial charge in [-0.15, -0.1) is 0 Å². The summed E-state index contributed by atoms with van der Waals surface area (Å²) >= 11 is 3.01. The van der Waals surface area contributed by atoms with Crippen LogP contribution in [-0.2, 0) is 23.9 Å². The van der Waals surface area contributed by atoms with Crippen molar-refractivity contribution < 1.29 is 23.9 Å². The Balaban J connectivity index is 1.56. The minimum absolute atomic E-state index is 0.0475. The van der Waals surface area contributed by atoms with Gasteiger partial charge in [-0.05, 0) is 68.3 Å². The monoisotopic (exact) mass is 517 g/mol. The summed E-state index contributed by atoms with van der Waals surface area (Å²) in [5.74, 6) is -0.966. The molecule has 1 aromatic heterocycles. The second-order valence-electron chi connectivity index (χ2n) is 9.01. The Hall–Kier alpha value is -2.59. The normalized spacial score (nSPS) is 22.1. The Morgan fingerprint density at radius 2 is 2.09 bits per heavy atom. The molecule has 0 bridgehead atoms. The highest BCUT2D eigenvalue weighted by Gasteiger charge is 2.42. The molecule has 0 N–H and O–H groups in total. The number of nitrogens with zero attached hydrogens (tertiary/aromatic N) is 3. The number of piperidine rings is 1. The molecule has 0 unspecified atom stereocenters. The average Bonchev–Trinajstić information content (AvgIpc) is 3.48. The fraction of sp³-hybridized carbons (Fsp3) is 0.520. The smallest absolute Gasteiger partial charge is 0.338 e. The number of hydrogen-bond acceptors (Lipinski definition) is 9. The van der Waals surface area contributed by atoms with E-state index in [2.05, 4.69) is 4.99 Å². The Bertz CT molecular complexity index is 1080. The topological polar surface area (TPSA) is 88.5 Å². The van der Waals surface area contributed by atoms with Gasteiger partial charge >= 0.3 is 11.9 Å². The summed E-state index contributed by atoms with van der Waals surface area (Å²) < 4.78 is 10.7. The second kappa shape index (κ2) is 11.0. The third-order valence-electron chi connectivity index (χ3n) is 6.15. The van der Waals surface area contributed by atoms with Gasteiger partial charge in [-0.3, -0.25) is 9.59 Å². The Morgan fingerprint density at radius 3 is 2.77 bits per heavy atom. The molecule has 0 saturated carbocycles. The summed E-state index contributed by atoms with van der Waals surface area (Å²) in [6.45, 7) is 8.59. The van der Waals surface area contributed by atoms with Crippen molar-refractivity contribution in [3.05, 3.63) is 44.8 Å². The first kappa shape index (κ1) is 25.5. The zero-order chi connectivity index (χ0) is 25.1. The van der Waals surface area contributed by atoms with E-state index in [-0.39, 0.29) is 30.3 Å². The molecule has 3 aliphatic heterocycles. The molecule has 188 valence electrons. The predicted octanol–water partition coefficient (Wildman–Crippen LogP) is 4.47.